The van der Waals surface area contributed by atoms with Crippen molar-refractivity contribution in [2.45, 2.75) is 40.2 Å². The summed E-state index contributed by atoms with van der Waals surface area (Å²) in [7, 11) is 0. The lowest BCUT2D eigenvalue weighted by atomic mass is 10.3. The maximum atomic E-state index is 4.63. The van der Waals surface area contributed by atoms with Gasteiger partial charge in [-0.25, -0.2) is 4.98 Å². The van der Waals surface area contributed by atoms with Gasteiger partial charge in [-0.3, -0.25) is 0 Å². The number of rotatable bonds is 8. The fourth-order valence-corrected chi connectivity index (χ4v) is 2.49. The number of hydrogen-bond donors (Lipinski definition) is 1. The van der Waals surface area contributed by atoms with Crippen LogP contribution in [-0.4, -0.2) is 24.6 Å². The molecule has 0 atom stereocenters. The van der Waals surface area contributed by atoms with Gasteiger partial charge in [0.1, 0.15) is 0 Å². The Hall–Kier alpha value is -0.610. The molecule has 0 spiro atoms. The van der Waals surface area contributed by atoms with Crippen molar-refractivity contribution in [2.24, 2.45) is 0 Å². The van der Waals surface area contributed by atoms with Crippen LogP contribution >= 0.6 is 11.3 Å². The third-order valence-electron chi connectivity index (χ3n) is 2.59. The molecule has 0 bridgehead atoms. The molecule has 16 heavy (non-hydrogen) atoms. The average molecular weight is 241 g/mol. The van der Waals surface area contributed by atoms with Crippen LogP contribution in [-0.2, 0) is 6.54 Å². The molecule has 1 aromatic rings. The van der Waals surface area contributed by atoms with Crippen LogP contribution in [0.1, 0.15) is 39.3 Å². The van der Waals surface area contributed by atoms with Crippen molar-refractivity contribution in [3.05, 3.63) is 11.1 Å². The van der Waals surface area contributed by atoms with E-state index in [2.05, 4.69) is 41.4 Å². The summed E-state index contributed by atoms with van der Waals surface area (Å²) >= 11 is 1.75. The van der Waals surface area contributed by atoms with Gasteiger partial charge in [0.2, 0.25) is 0 Å². The van der Waals surface area contributed by atoms with Crippen LogP contribution in [0.15, 0.2) is 5.38 Å². The van der Waals surface area contributed by atoms with Crippen LogP contribution in [0.4, 0.5) is 5.13 Å². The van der Waals surface area contributed by atoms with Crippen LogP contribution in [0.2, 0.25) is 0 Å². The normalized spacial score (nSPS) is 10.7. The van der Waals surface area contributed by atoms with Gasteiger partial charge in [-0.1, -0.05) is 13.3 Å². The second-order valence-corrected chi connectivity index (χ2v) is 4.66. The summed E-state index contributed by atoms with van der Waals surface area (Å²) in [4.78, 5) is 6.92. The molecule has 1 N–H and O–H groups in total. The summed E-state index contributed by atoms with van der Waals surface area (Å²) in [6.07, 6.45) is 2.49. The van der Waals surface area contributed by atoms with Gasteiger partial charge in [-0.15, -0.1) is 11.3 Å². The number of thiazole rings is 1. The van der Waals surface area contributed by atoms with Crippen molar-refractivity contribution in [1.29, 1.82) is 0 Å². The van der Waals surface area contributed by atoms with Crippen molar-refractivity contribution in [2.75, 3.05) is 24.5 Å². The van der Waals surface area contributed by atoms with Gasteiger partial charge >= 0.3 is 0 Å². The highest BCUT2D eigenvalue weighted by molar-refractivity contribution is 7.13. The number of nitrogens with one attached hydrogen (secondary N) is 1. The fourth-order valence-electron chi connectivity index (χ4n) is 1.54. The molecule has 0 fully saturated rings. The van der Waals surface area contributed by atoms with Crippen LogP contribution in [0.25, 0.3) is 0 Å². The molecule has 1 rings (SSSR count). The zero-order valence-electron chi connectivity index (χ0n) is 10.6. The molecular formula is C12H23N3S. The Labute approximate surface area is 103 Å². The Kier molecular flexibility index (Phi) is 6.42. The molecule has 0 radical (unpaired) electrons. The Morgan fingerprint density at radius 1 is 1.31 bits per heavy atom. The summed E-state index contributed by atoms with van der Waals surface area (Å²) in [5.74, 6) is 0. The van der Waals surface area contributed by atoms with Crippen LogP contribution in [0, 0.1) is 0 Å². The minimum Gasteiger partial charge on any atom is -0.349 e. The van der Waals surface area contributed by atoms with Crippen LogP contribution in [0.5, 0.6) is 0 Å². The second kappa shape index (κ2) is 7.63. The van der Waals surface area contributed by atoms with E-state index in [0.29, 0.717) is 0 Å². The van der Waals surface area contributed by atoms with E-state index in [9.17, 15) is 0 Å². The number of anilines is 1. The predicted octanol–water partition coefficient (Wildman–Crippen LogP) is 2.88. The molecule has 0 saturated heterocycles. The van der Waals surface area contributed by atoms with E-state index in [4.69, 9.17) is 0 Å². The summed E-state index contributed by atoms with van der Waals surface area (Å²) in [5, 5.41) is 6.73. The highest BCUT2D eigenvalue weighted by Gasteiger charge is 2.06. The van der Waals surface area contributed by atoms with E-state index in [0.717, 1.165) is 31.3 Å². The van der Waals surface area contributed by atoms with Crippen molar-refractivity contribution in [3.8, 4) is 0 Å². The molecular weight excluding hydrogens is 218 g/mol. The third kappa shape index (κ3) is 4.10. The quantitative estimate of drug-likeness (QED) is 0.709. The monoisotopic (exact) mass is 241 g/mol. The van der Waals surface area contributed by atoms with E-state index in [-0.39, 0.29) is 0 Å². The smallest absolute Gasteiger partial charge is 0.185 e. The molecule has 0 aromatic carbocycles. The predicted molar refractivity (Wildman–Crippen MR) is 72.3 cm³/mol. The maximum Gasteiger partial charge on any atom is 0.185 e. The topological polar surface area (TPSA) is 28.2 Å². The van der Waals surface area contributed by atoms with Crippen molar-refractivity contribution >= 4 is 16.5 Å². The second-order valence-electron chi connectivity index (χ2n) is 3.82. The standard InChI is InChI=1S/C12H23N3S/c1-4-7-8-13-9-11-10-16-12(14-11)15(5-2)6-3/h10,13H,4-9H2,1-3H3. The minimum atomic E-state index is 0.901. The Morgan fingerprint density at radius 2 is 2.06 bits per heavy atom. The van der Waals surface area contributed by atoms with Crippen LogP contribution in [0.3, 0.4) is 0 Å². The first-order valence-corrected chi connectivity index (χ1v) is 7.09. The van der Waals surface area contributed by atoms with Crippen LogP contribution < -0.4 is 10.2 Å². The first-order valence-electron chi connectivity index (χ1n) is 6.21. The van der Waals surface area contributed by atoms with Gasteiger partial charge in [-0.05, 0) is 26.8 Å². The van der Waals surface area contributed by atoms with Crippen molar-refractivity contribution in [1.82, 2.24) is 10.3 Å². The molecule has 0 unspecified atom stereocenters. The van der Waals surface area contributed by atoms with Gasteiger partial charge in [0, 0.05) is 25.0 Å². The zero-order chi connectivity index (χ0) is 11.8. The summed E-state index contributed by atoms with van der Waals surface area (Å²) in [6, 6.07) is 0. The van der Waals surface area contributed by atoms with E-state index < -0.39 is 0 Å². The molecule has 1 heterocycles. The molecule has 0 aliphatic carbocycles. The highest BCUT2D eigenvalue weighted by Crippen LogP contribution is 2.19. The van der Waals surface area contributed by atoms with E-state index in [1.165, 1.54) is 18.5 Å². The van der Waals surface area contributed by atoms with E-state index in [1.807, 2.05) is 0 Å². The van der Waals surface area contributed by atoms with Gasteiger partial charge in [0.15, 0.2) is 5.13 Å². The van der Waals surface area contributed by atoms with E-state index >= 15 is 0 Å². The molecule has 0 aliphatic heterocycles. The van der Waals surface area contributed by atoms with Crippen molar-refractivity contribution < 1.29 is 0 Å². The Morgan fingerprint density at radius 3 is 2.69 bits per heavy atom. The lowest BCUT2D eigenvalue weighted by Crippen LogP contribution is -2.21. The molecule has 1 aromatic heterocycles. The third-order valence-corrected chi connectivity index (χ3v) is 3.54. The van der Waals surface area contributed by atoms with Gasteiger partial charge in [0.05, 0.1) is 5.69 Å². The highest BCUT2D eigenvalue weighted by atomic mass is 32.1. The number of unbranched alkanes of at least 4 members (excludes halogenated alkanes) is 1. The fraction of sp³-hybridized carbons (Fsp3) is 0.750. The van der Waals surface area contributed by atoms with E-state index in [1.54, 1.807) is 11.3 Å². The Bertz CT molecular complexity index is 282. The molecule has 4 heteroatoms. The SMILES string of the molecule is CCCCNCc1csc(N(CC)CC)n1. The molecule has 0 amide bonds. The van der Waals surface area contributed by atoms with Gasteiger partial charge in [0.25, 0.3) is 0 Å². The molecule has 0 aliphatic rings. The van der Waals surface area contributed by atoms with Gasteiger partial charge in [-0.2, -0.15) is 0 Å². The molecule has 92 valence electrons. The van der Waals surface area contributed by atoms with Crippen molar-refractivity contribution in [3.63, 3.8) is 0 Å². The first kappa shape index (κ1) is 13.5. The number of hydrogen-bond acceptors (Lipinski definition) is 4. The largest absolute Gasteiger partial charge is 0.349 e. The lowest BCUT2D eigenvalue weighted by Gasteiger charge is -2.16. The molecule has 3 nitrogen and oxygen atoms in total. The summed E-state index contributed by atoms with van der Waals surface area (Å²) in [5.41, 5.74) is 1.17. The first-order chi connectivity index (χ1) is 7.81. The number of aromatic nitrogens is 1. The zero-order valence-corrected chi connectivity index (χ0v) is 11.4. The lowest BCUT2D eigenvalue weighted by molar-refractivity contribution is 0.634. The Balaban J connectivity index is 2.38. The maximum absolute atomic E-state index is 4.63. The minimum absolute atomic E-state index is 0.901. The average Bonchev–Trinajstić information content (AvgIpc) is 2.75. The number of nitrogens with zero attached hydrogens (tertiary/aromatic N) is 2. The molecule has 0 saturated carbocycles. The summed E-state index contributed by atoms with van der Waals surface area (Å²) < 4.78 is 0. The van der Waals surface area contributed by atoms with Gasteiger partial charge < -0.3 is 10.2 Å². The summed E-state index contributed by atoms with van der Waals surface area (Å²) in [6.45, 7) is 10.6.